The second kappa shape index (κ2) is 5.54. The molecule has 2 N–H and O–H groups in total. The Balaban J connectivity index is 2.24. The normalized spacial score (nSPS) is 12.2. The number of hydrogen-bond donors (Lipinski definition) is 2. The average Bonchev–Trinajstić information content (AvgIpc) is 2.35. The van der Waals surface area contributed by atoms with E-state index in [2.05, 4.69) is 31.2 Å². The van der Waals surface area contributed by atoms with Crippen molar-refractivity contribution < 1.29 is 0 Å². The Morgan fingerprint density at radius 2 is 2.28 bits per heavy atom. The van der Waals surface area contributed by atoms with Crippen molar-refractivity contribution in [1.29, 1.82) is 0 Å². The lowest BCUT2D eigenvalue weighted by molar-refractivity contribution is 0.867. The quantitative estimate of drug-likeness (QED) is 0.908. The summed E-state index contributed by atoms with van der Waals surface area (Å²) in [6, 6.07) is 7.54. The summed E-state index contributed by atoms with van der Waals surface area (Å²) in [6.07, 6.45) is 1.36. The van der Waals surface area contributed by atoms with E-state index in [-0.39, 0.29) is 11.6 Å². The number of nitrogens with one attached hydrogen (secondary N) is 2. The molecule has 2 aromatic rings. The number of anilines is 1. The highest BCUT2D eigenvalue weighted by Gasteiger charge is 2.10. The van der Waals surface area contributed by atoms with Crippen LogP contribution in [0.25, 0.3) is 0 Å². The number of hydrogen-bond acceptors (Lipinski definition) is 3. The third-order valence-corrected chi connectivity index (χ3v) is 3.47. The third kappa shape index (κ3) is 2.91. The molecule has 1 aromatic carbocycles. The van der Waals surface area contributed by atoms with Crippen LogP contribution in [0.1, 0.15) is 18.5 Å². The molecule has 0 aliphatic rings. The second-order valence-electron chi connectivity index (χ2n) is 3.82. The molecule has 0 saturated carbocycles. The Kier molecular flexibility index (Phi) is 4.04. The van der Waals surface area contributed by atoms with Gasteiger partial charge in [-0.05, 0) is 40.5 Å². The zero-order chi connectivity index (χ0) is 13.1. The van der Waals surface area contributed by atoms with Crippen LogP contribution in [0.2, 0.25) is 5.02 Å². The lowest BCUT2D eigenvalue weighted by atomic mass is 10.1. The highest BCUT2D eigenvalue weighted by atomic mass is 79.9. The van der Waals surface area contributed by atoms with Gasteiger partial charge in [0.25, 0.3) is 5.56 Å². The van der Waals surface area contributed by atoms with Crippen LogP contribution < -0.4 is 10.9 Å². The molecule has 1 atom stereocenters. The molecule has 1 aromatic heterocycles. The van der Waals surface area contributed by atoms with Crippen LogP contribution in [0.3, 0.4) is 0 Å². The molecule has 6 heteroatoms. The van der Waals surface area contributed by atoms with Crippen molar-refractivity contribution in [2.24, 2.45) is 0 Å². The van der Waals surface area contributed by atoms with E-state index >= 15 is 0 Å². The molecule has 18 heavy (non-hydrogen) atoms. The SMILES string of the molecule is CC(Nc1nc[nH]c(=O)c1Br)c1cccc(Cl)c1. The van der Waals surface area contributed by atoms with E-state index in [0.717, 1.165) is 5.56 Å². The molecular weight excluding hydrogens is 318 g/mol. The highest BCUT2D eigenvalue weighted by Crippen LogP contribution is 2.23. The van der Waals surface area contributed by atoms with Gasteiger partial charge >= 0.3 is 0 Å². The van der Waals surface area contributed by atoms with Gasteiger partial charge in [-0.2, -0.15) is 0 Å². The number of aromatic nitrogens is 2. The standard InChI is InChI=1S/C12H11BrClN3O/c1-7(8-3-2-4-9(14)5-8)17-11-10(13)12(18)16-6-15-11/h2-7H,1H3,(H2,15,16,17,18). The molecule has 0 aliphatic heterocycles. The van der Waals surface area contributed by atoms with Crippen LogP contribution in [0.5, 0.6) is 0 Å². The maximum Gasteiger partial charge on any atom is 0.267 e. The van der Waals surface area contributed by atoms with E-state index in [1.165, 1.54) is 6.33 Å². The Morgan fingerprint density at radius 1 is 1.50 bits per heavy atom. The van der Waals surface area contributed by atoms with E-state index in [0.29, 0.717) is 15.3 Å². The molecule has 0 fully saturated rings. The molecule has 4 nitrogen and oxygen atoms in total. The first-order chi connectivity index (χ1) is 8.58. The van der Waals surface area contributed by atoms with Crippen molar-refractivity contribution >= 4 is 33.3 Å². The lowest BCUT2D eigenvalue weighted by Gasteiger charge is -2.15. The number of nitrogens with zero attached hydrogens (tertiary/aromatic N) is 1. The van der Waals surface area contributed by atoms with Crippen LogP contribution in [-0.2, 0) is 0 Å². The summed E-state index contributed by atoms with van der Waals surface area (Å²) >= 11 is 9.14. The zero-order valence-electron chi connectivity index (χ0n) is 9.58. The van der Waals surface area contributed by atoms with Crippen molar-refractivity contribution in [1.82, 2.24) is 9.97 Å². The molecule has 0 amide bonds. The third-order valence-electron chi connectivity index (χ3n) is 2.50. The van der Waals surface area contributed by atoms with Gasteiger partial charge in [0.15, 0.2) is 0 Å². The van der Waals surface area contributed by atoms with E-state index in [1.54, 1.807) is 0 Å². The smallest absolute Gasteiger partial charge is 0.267 e. The number of rotatable bonds is 3. The molecule has 0 spiro atoms. The van der Waals surface area contributed by atoms with Crippen LogP contribution in [0, 0.1) is 0 Å². The van der Waals surface area contributed by atoms with Gasteiger partial charge in [-0.15, -0.1) is 0 Å². The molecule has 0 radical (unpaired) electrons. The van der Waals surface area contributed by atoms with Crippen LogP contribution in [0.15, 0.2) is 39.9 Å². The first kappa shape index (κ1) is 13.1. The fourth-order valence-electron chi connectivity index (χ4n) is 1.55. The van der Waals surface area contributed by atoms with Crippen molar-refractivity contribution in [2.75, 3.05) is 5.32 Å². The van der Waals surface area contributed by atoms with Crippen LogP contribution >= 0.6 is 27.5 Å². The summed E-state index contributed by atoms with van der Waals surface area (Å²) in [6.45, 7) is 1.97. The highest BCUT2D eigenvalue weighted by molar-refractivity contribution is 9.10. The van der Waals surface area contributed by atoms with Crippen molar-refractivity contribution in [3.63, 3.8) is 0 Å². The van der Waals surface area contributed by atoms with E-state index in [1.807, 2.05) is 31.2 Å². The van der Waals surface area contributed by atoms with Crippen LogP contribution in [0.4, 0.5) is 5.82 Å². The van der Waals surface area contributed by atoms with Gasteiger partial charge in [0.1, 0.15) is 10.3 Å². The maximum absolute atomic E-state index is 11.4. The predicted octanol–water partition coefficient (Wildman–Crippen LogP) is 3.36. The number of benzene rings is 1. The lowest BCUT2D eigenvalue weighted by Crippen LogP contribution is -2.14. The molecule has 2 rings (SSSR count). The van der Waals surface area contributed by atoms with Gasteiger partial charge in [0.2, 0.25) is 0 Å². The minimum absolute atomic E-state index is 0.00528. The average molecular weight is 329 g/mol. The monoisotopic (exact) mass is 327 g/mol. The summed E-state index contributed by atoms with van der Waals surface area (Å²) in [5.41, 5.74) is 0.808. The molecule has 0 saturated heterocycles. The fourth-order valence-corrected chi connectivity index (χ4v) is 2.08. The topological polar surface area (TPSA) is 57.8 Å². The van der Waals surface area contributed by atoms with Crippen molar-refractivity contribution in [3.05, 3.63) is 56.0 Å². The van der Waals surface area contributed by atoms with E-state index in [9.17, 15) is 4.79 Å². The Hall–Kier alpha value is -1.33. The van der Waals surface area contributed by atoms with Crippen LogP contribution in [-0.4, -0.2) is 9.97 Å². The Labute approximate surface area is 118 Å². The molecule has 1 unspecified atom stereocenters. The summed E-state index contributed by atoms with van der Waals surface area (Å²) < 4.78 is 0.388. The number of H-pyrrole nitrogens is 1. The summed E-state index contributed by atoms with van der Waals surface area (Å²) in [5.74, 6) is 0.506. The van der Waals surface area contributed by atoms with Gasteiger partial charge in [0.05, 0.1) is 12.4 Å². The minimum Gasteiger partial charge on any atom is -0.362 e. The minimum atomic E-state index is -0.217. The van der Waals surface area contributed by atoms with Crippen molar-refractivity contribution in [2.45, 2.75) is 13.0 Å². The van der Waals surface area contributed by atoms with Gasteiger partial charge in [-0.3, -0.25) is 4.79 Å². The first-order valence-electron chi connectivity index (χ1n) is 5.33. The maximum atomic E-state index is 11.4. The van der Waals surface area contributed by atoms with Gasteiger partial charge < -0.3 is 10.3 Å². The van der Waals surface area contributed by atoms with Gasteiger partial charge in [-0.25, -0.2) is 4.98 Å². The molecule has 0 aliphatic carbocycles. The summed E-state index contributed by atoms with van der Waals surface area (Å²) in [5, 5.41) is 3.84. The first-order valence-corrected chi connectivity index (χ1v) is 6.50. The molecule has 1 heterocycles. The fraction of sp³-hybridized carbons (Fsp3) is 0.167. The van der Waals surface area contributed by atoms with Gasteiger partial charge in [-0.1, -0.05) is 23.7 Å². The van der Waals surface area contributed by atoms with Gasteiger partial charge in [0, 0.05) is 5.02 Å². The molecular formula is C12H11BrClN3O. The van der Waals surface area contributed by atoms with Crippen molar-refractivity contribution in [3.8, 4) is 0 Å². The summed E-state index contributed by atoms with van der Waals surface area (Å²) in [7, 11) is 0. The largest absolute Gasteiger partial charge is 0.362 e. The predicted molar refractivity (Wildman–Crippen MR) is 76.0 cm³/mol. The Bertz CT molecular complexity index is 614. The molecule has 94 valence electrons. The Morgan fingerprint density at radius 3 is 3.00 bits per heavy atom. The number of halogens is 2. The zero-order valence-corrected chi connectivity index (χ0v) is 11.9. The second-order valence-corrected chi connectivity index (χ2v) is 5.04. The number of aromatic amines is 1. The summed E-state index contributed by atoms with van der Waals surface area (Å²) in [4.78, 5) is 18.0. The van der Waals surface area contributed by atoms with E-state index < -0.39 is 0 Å². The molecule has 0 bridgehead atoms. The van der Waals surface area contributed by atoms with E-state index in [4.69, 9.17) is 11.6 Å².